The number of hydrogen-bond donors (Lipinski definition) is 1. The minimum absolute atomic E-state index is 0.255. The minimum Gasteiger partial charge on any atom is -0.541 e. The fourth-order valence-corrected chi connectivity index (χ4v) is 0.122. The van der Waals surface area contributed by atoms with E-state index in [-0.39, 0.29) is 5.78 Å². The molecule has 0 aliphatic carbocycles. The SMILES string of the molecule is CC(=NO)O[SiH3].CCC(C)=O. The molecule has 4 nitrogen and oxygen atoms in total. The molecule has 0 aromatic heterocycles. The Balaban J connectivity index is 0. The van der Waals surface area contributed by atoms with Crippen molar-refractivity contribution in [2.45, 2.75) is 27.2 Å². The van der Waals surface area contributed by atoms with E-state index in [1.807, 2.05) is 6.92 Å². The molecule has 0 bridgehead atoms. The summed E-state index contributed by atoms with van der Waals surface area (Å²) < 4.78 is 4.54. The molecule has 0 atom stereocenters. The average molecular weight is 177 g/mol. The van der Waals surface area contributed by atoms with Crippen molar-refractivity contribution in [3.05, 3.63) is 0 Å². The molecular weight excluding hydrogens is 162 g/mol. The molecule has 0 heterocycles. The molecule has 66 valence electrons. The lowest BCUT2D eigenvalue weighted by atomic mass is 10.4. The summed E-state index contributed by atoms with van der Waals surface area (Å²) in [6.07, 6.45) is 0.667. The van der Waals surface area contributed by atoms with Crippen LogP contribution in [0.1, 0.15) is 27.2 Å². The third kappa shape index (κ3) is 17.6. The monoisotopic (exact) mass is 177 g/mol. The fraction of sp³-hybridized carbons (Fsp3) is 0.667. The lowest BCUT2D eigenvalue weighted by Gasteiger charge is -1.89. The standard InChI is InChI=1S/C4H8O.C2H7NO2Si/c1-3-4(2)5;1-2(3-4)5-6/h3H2,1-2H3;4H,1,6H3. The summed E-state index contributed by atoms with van der Waals surface area (Å²) >= 11 is 0. The smallest absolute Gasteiger partial charge is 0.208 e. The number of carbonyl (C=O) groups excluding carboxylic acids is 1. The van der Waals surface area contributed by atoms with Gasteiger partial charge >= 0.3 is 0 Å². The van der Waals surface area contributed by atoms with Crippen LogP contribution < -0.4 is 0 Å². The zero-order valence-corrected chi connectivity index (χ0v) is 9.42. The van der Waals surface area contributed by atoms with Crippen molar-refractivity contribution >= 4 is 22.2 Å². The zero-order valence-electron chi connectivity index (χ0n) is 7.42. The van der Waals surface area contributed by atoms with Crippen LogP contribution in [0.15, 0.2) is 5.16 Å². The van der Waals surface area contributed by atoms with Crippen molar-refractivity contribution in [3.63, 3.8) is 0 Å². The maximum Gasteiger partial charge on any atom is 0.208 e. The molecule has 0 saturated heterocycles. The fourth-order valence-electron chi connectivity index (χ4n) is 0.0408. The maximum absolute atomic E-state index is 9.81. The average Bonchev–Trinajstić information content (AvgIpc) is 2.04. The summed E-state index contributed by atoms with van der Waals surface area (Å²) in [7, 11) is 0.592. The van der Waals surface area contributed by atoms with Gasteiger partial charge in [0.25, 0.3) is 0 Å². The van der Waals surface area contributed by atoms with Crippen molar-refractivity contribution in [2.24, 2.45) is 5.16 Å². The summed E-state index contributed by atoms with van der Waals surface area (Å²) in [5, 5.41) is 10.6. The Bertz CT molecular complexity index is 136. The number of nitrogens with zero attached hydrogens (tertiary/aromatic N) is 1. The van der Waals surface area contributed by atoms with Gasteiger partial charge in [-0.15, -0.1) is 0 Å². The van der Waals surface area contributed by atoms with Gasteiger partial charge in [0, 0.05) is 13.3 Å². The number of ketones is 1. The van der Waals surface area contributed by atoms with Crippen molar-refractivity contribution in [3.8, 4) is 0 Å². The van der Waals surface area contributed by atoms with E-state index in [2.05, 4.69) is 9.58 Å². The summed E-state index contributed by atoms with van der Waals surface area (Å²) in [5.74, 6) is 0.590. The molecule has 11 heavy (non-hydrogen) atoms. The zero-order chi connectivity index (χ0) is 9.28. The number of oxime groups is 1. The van der Waals surface area contributed by atoms with Crippen LogP contribution in [-0.2, 0) is 9.22 Å². The van der Waals surface area contributed by atoms with E-state index in [0.29, 0.717) is 22.8 Å². The molecule has 0 rings (SSSR count). The van der Waals surface area contributed by atoms with Gasteiger partial charge in [0.15, 0.2) is 0 Å². The highest BCUT2D eigenvalue weighted by molar-refractivity contribution is 6.05. The van der Waals surface area contributed by atoms with E-state index in [0.717, 1.165) is 0 Å². The Morgan fingerprint density at radius 2 is 2.00 bits per heavy atom. The normalized spacial score (nSPS) is 9.91. The number of carbonyl (C=O) groups is 1. The van der Waals surface area contributed by atoms with Crippen LogP contribution in [0.5, 0.6) is 0 Å². The molecule has 0 aromatic carbocycles. The highest BCUT2D eigenvalue weighted by Gasteiger charge is 1.77. The van der Waals surface area contributed by atoms with Crippen LogP contribution in [0.2, 0.25) is 0 Å². The lowest BCUT2D eigenvalue weighted by Crippen LogP contribution is -1.92. The van der Waals surface area contributed by atoms with Gasteiger partial charge in [0.2, 0.25) is 16.4 Å². The van der Waals surface area contributed by atoms with Gasteiger partial charge in [-0.25, -0.2) is 0 Å². The van der Waals surface area contributed by atoms with E-state index in [9.17, 15) is 4.79 Å². The number of Topliss-reactive ketones (excluding diaryl/α,β-unsaturated/α-hetero) is 1. The van der Waals surface area contributed by atoms with E-state index in [4.69, 9.17) is 5.21 Å². The predicted molar refractivity (Wildman–Crippen MR) is 46.9 cm³/mol. The first-order valence-corrected chi connectivity index (χ1v) is 4.12. The number of rotatable bonds is 1. The Kier molecular flexibility index (Phi) is 10.7. The number of hydrogen-bond acceptors (Lipinski definition) is 4. The van der Waals surface area contributed by atoms with Gasteiger partial charge in [-0.05, 0) is 6.92 Å². The van der Waals surface area contributed by atoms with Gasteiger partial charge in [-0.3, -0.25) is 0 Å². The van der Waals surface area contributed by atoms with Crippen molar-refractivity contribution in [1.82, 2.24) is 0 Å². The molecule has 5 heteroatoms. The minimum atomic E-state index is 0.255. The summed E-state index contributed by atoms with van der Waals surface area (Å²) in [6, 6.07) is 0. The second-order valence-corrected chi connectivity index (χ2v) is 2.29. The molecule has 0 fully saturated rings. The van der Waals surface area contributed by atoms with E-state index in [1.54, 1.807) is 13.8 Å². The Hall–Kier alpha value is -0.843. The van der Waals surface area contributed by atoms with Crippen molar-refractivity contribution < 1.29 is 14.4 Å². The van der Waals surface area contributed by atoms with E-state index >= 15 is 0 Å². The van der Waals surface area contributed by atoms with Crippen LogP contribution >= 0.6 is 0 Å². The second-order valence-electron chi connectivity index (χ2n) is 1.88. The summed E-state index contributed by atoms with van der Waals surface area (Å²) in [6.45, 7) is 5.02. The summed E-state index contributed by atoms with van der Waals surface area (Å²) in [5.41, 5.74) is 0. The molecule has 0 aromatic rings. The van der Waals surface area contributed by atoms with Crippen LogP contribution in [0.4, 0.5) is 0 Å². The molecule has 1 N–H and O–H groups in total. The molecule has 0 saturated carbocycles. The topological polar surface area (TPSA) is 58.9 Å². The van der Waals surface area contributed by atoms with Crippen LogP contribution in [0.3, 0.4) is 0 Å². The van der Waals surface area contributed by atoms with Gasteiger partial charge in [-0.2, -0.15) is 0 Å². The summed E-state index contributed by atoms with van der Waals surface area (Å²) in [4.78, 5) is 9.81. The van der Waals surface area contributed by atoms with Crippen LogP contribution in [0, 0.1) is 0 Å². The third-order valence-electron chi connectivity index (χ3n) is 0.934. The highest BCUT2D eigenvalue weighted by Crippen LogP contribution is 1.71. The molecule has 0 radical (unpaired) electrons. The first kappa shape index (κ1) is 12.8. The highest BCUT2D eigenvalue weighted by atomic mass is 28.2. The first-order chi connectivity index (χ1) is 5.08. The largest absolute Gasteiger partial charge is 0.541 e. The second kappa shape index (κ2) is 9.16. The quantitative estimate of drug-likeness (QED) is 0.203. The third-order valence-corrected chi connectivity index (χ3v) is 1.52. The van der Waals surface area contributed by atoms with Crippen LogP contribution in [0.25, 0.3) is 0 Å². The Morgan fingerprint density at radius 3 is 2.00 bits per heavy atom. The molecule has 0 aliphatic heterocycles. The van der Waals surface area contributed by atoms with Gasteiger partial charge in [0.05, 0.1) is 0 Å². The Labute approximate surface area is 69.8 Å². The maximum atomic E-state index is 9.81. The molecule has 0 amide bonds. The first-order valence-electron chi connectivity index (χ1n) is 3.30. The molecule has 0 aliphatic rings. The molecule has 0 spiro atoms. The van der Waals surface area contributed by atoms with Gasteiger partial charge in [-0.1, -0.05) is 12.1 Å². The van der Waals surface area contributed by atoms with Crippen LogP contribution in [-0.4, -0.2) is 27.4 Å². The molecular formula is C6H15NO3Si. The van der Waals surface area contributed by atoms with E-state index < -0.39 is 0 Å². The van der Waals surface area contributed by atoms with Crippen molar-refractivity contribution in [2.75, 3.05) is 0 Å². The van der Waals surface area contributed by atoms with E-state index in [1.165, 1.54) is 0 Å². The van der Waals surface area contributed by atoms with Crippen molar-refractivity contribution in [1.29, 1.82) is 0 Å². The predicted octanol–water partition coefficient (Wildman–Crippen LogP) is 0.0764. The lowest BCUT2D eigenvalue weighted by molar-refractivity contribution is -0.116. The molecule has 0 unspecified atom stereocenters. The van der Waals surface area contributed by atoms with Gasteiger partial charge < -0.3 is 14.4 Å². The Morgan fingerprint density at radius 1 is 1.64 bits per heavy atom. The van der Waals surface area contributed by atoms with Gasteiger partial charge in [0.1, 0.15) is 5.78 Å².